The summed E-state index contributed by atoms with van der Waals surface area (Å²) in [6.07, 6.45) is 8.77. The third kappa shape index (κ3) is 6.46. The summed E-state index contributed by atoms with van der Waals surface area (Å²) in [7, 11) is -3.85. The molecule has 42 heavy (non-hydrogen) atoms. The zero-order chi connectivity index (χ0) is 30.7. The lowest BCUT2D eigenvalue weighted by Crippen LogP contribution is -2.38. The molecule has 0 radical (unpaired) electrons. The van der Waals surface area contributed by atoms with E-state index in [1.807, 2.05) is 29.2 Å². The first-order valence-corrected chi connectivity index (χ1v) is 17.2. The summed E-state index contributed by atoms with van der Waals surface area (Å²) in [6.45, 7) is 4.66. The zero-order valence-corrected chi connectivity index (χ0v) is 26.0. The van der Waals surface area contributed by atoms with E-state index in [0.29, 0.717) is 36.2 Å². The largest absolute Gasteiger partial charge is 0.476 e. The van der Waals surface area contributed by atoms with E-state index in [0.717, 1.165) is 49.8 Å². The molecule has 2 aromatic carbocycles. The number of primary amides is 1. The second kappa shape index (κ2) is 12.7. The fourth-order valence-electron chi connectivity index (χ4n) is 5.88. The normalized spacial score (nSPS) is 18.6. The Balaban J connectivity index is 1.90. The smallest absolute Gasteiger partial charge is 0.368 e. The number of aliphatic carboxylic acids is 1. The highest BCUT2D eigenvalue weighted by atomic mass is 32.2. The van der Waals surface area contributed by atoms with Gasteiger partial charge in [-0.25, -0.2) is 13.2 Å². The maximum atomic E-state index is 14.2. The predicted molar refractivity (Wildman–Crippen MR) is 163 cm³/mol. The number of nitrogens with two attached hydrogens (primary N) is 1. The number of fused-ring (bicyclic) bond motifs is 1. The van der Waals surface area contributed by atoms with Gasteiger partial charge in [0.25, 0.3) is 0 Å². The van der Waals surface area contributed by atoms with Crippen LogP contribution in [0.2, 0.25) is 0 Å². The predicted octanol–water partition coefficient (Wildman–Crippen LogP) is 6.49. The van der Waals surface area contributed by atoms with E-state index in [1.165, 1.54) is 17.8 Å². The van der Waals surface area contributed by atoms with Crippen molar-refractivity contribution in [1.82, 2.24) is 0 Å². The molecule has 11 heteroatoms. The van der Waals surface area contributed by atoms with Crippen molar-refractivity contribution in [3.8, 4) is 5.75 Å². The van der Waals surface area contributed by atoms with Crippen LogP contribution in [0.3, 0.4) is 0 Å². The van der Waals surface area contributed by atoms with Crippen LogP contribution in [-0.2, 0) is 24.8 Å². The van der Waals surface area contributed by atoms with E-state index in [-0.39, 0.29) is 22.3 Å². The quantitative estimate of drug-likeness (QED) is 0.148. The van der Waals surface area contributed by atoms with Gasteiger partial charge in [0, 0.05) is 23.7 Å². The third-order valence-electron chi connectivity index (χ3n) is 8.43. The number of unbranched alkanes of at least 4 members (excludes halogenated alkanes) is 2. The maximum Gasteiger partial charge on any atom is 0.368 e. The SMILES string of the molecule is CCCCC1(CCCC)CN(c2ccc(C3(C(N)=O)CC3)cc2)c2cc(SC)c(O/C=C(\F)C(=O)O)cc2S(=O)(=O)C1. The van der Waals surface area contributed by atoms with Crippen LogP contribution < -0.4 is 15.4 Å². The summed E-state index contributed by atoms with van der Waals surface area (Å²) in [4.78, 5) is 25.7. The molecule has 8 nitrogen and oxygen atoms in total. The van der Waals surface area contributed by atoms with Gasteiger partial charge in [-0.1, -0.05) is 51.7 Å². The van der Waals surface area contributed by atoms with Crippen LogP contribution in [0.15, 0.2) is 58.3 Å². The van der Waals surface area contributed by atoms with Crippen molar-refractivity contribution in [3.63, 3.8) is 0 Å². The van der Waals surface area contributed by atoms with Gasteiger partial charge in [0.1, 0.15) is 12.0 Å². The molecule has 4 rings (SSSR count). The zero-order valence-electron chi connectivity index (χ0n) is 24.3. The van der Waals surface area contributed by atoms with Crippen LogP contribution in [-0.4, -0.2) is 44.0 Å². The number of rotatable bonds is 13. The van der Waals surface area contributed by atoms with Crippen molar-refractivity contribution in [2.45, 2.75) is 80.4 Å². The van der Waals surface area contributed by atoms with Gasteiger partial charge in [-0.3, -0.25) is 4.79 Å². The molecule has 3 N–H and O–H groups in total. The first kappa shape index (κ1) is 31.9. The van der Waals surface area contributed by atoms with Crippen LogP contribution in [0.4, 0.5) is 15.8 Å². The van der Waals surface area contributed by atoms with E-state index < -0.39 is 32.5 Å². The van der Waals surface area contributed by atoms with Crippen molar-refractivity contribution in [3.05, 3.63) is 54.1 Å². The molecule has 0 spiro atoms. The van der Waals surface area contributed by atoms with Crippen molar-refractivity contribution in [1.29, 1.82) is 0 Å². The standard InChI is InChI=1S/C31H39FN2O6S2/c1-4-6-12-30(13-7-5-2)19-34(22-10-8-21(9-11-22)31(14-15-31)29(33)37)24-16-26(41-3)25(40-18-23(32)28(35)36)17-27(24)42(38,39)20-30/h8-11,16-18H,4-7,12-15,19-20H2,1-3H3,(H2,33,37)(H,35,36)/b23-18-. The molecule has 1 aliphatic heterocycles. The lowest BCUT2D eigenvalue weighted by molar-refractivity contribution is -0.134. The summed E-state index contributed by atoms with van der Waals surface area (Å²) in [6, 6.07) is 10.7. The molecule has 228 valence electrons. The average molecular weight is 619 g/mol. The third-order valence-corrected chi connectivity index (χ3v) is 11.2. The highest BCUT2D eigenvalue weighted by Crippen LogP contribution is 2.50. The molecule has 0 aromatic heterocycles. The van der Waals surface area contributed by atoms with Crippen LogP contribution in [0.1, 0.15) is 70.8 Å². The van der Waals surface area contributed by atoms with E-state index in [9.17, 15) is 22.4 Å². The first-order valence-electron chi connectivity index (χ1n) is 14.3. The molecule has 1 saturated carbocycles. The van der Waals surface area contributed by atoms with Gasteiger partial charge in [-0.2, -0.15) is 4.39 Å². The van der Waals surface area contributed by atoms with Gasteiger partial charge in [0.2, 0.25) is 11.7 Å². The second-order valence-corrected chi connectivity index (χ2v) is 14.2. The molecule has 2 aromatic rings. The maximum absolute atomic E-state index is 14.2. The summed E-state index contributed by atoms with van der Waals surface area (Å²) in [5, 5.41) is 8.91. The number of benzene rings is 2. The molecule has 2 aliphatic rings. The number of nitrogens with zero attached hydrogens (tertiary/aromatic N) is 1. The molecule has 1 amide bonds. The lowest BCUT2D eigenvalue weighted by atomic mass is 9.79. The monoisotopic (exact) mass is 618 g/mol. The summed E-state index contributed by atoms with van der Waals surface area (Å²) in [5.74, 6) is -3.61. The minimum absolute atomic E-state index is 0.0502. The van der Waals surface area contributed by atoms with E-state index in [1.54, 1.807) is 12.3 Å². The van der Waals surface area contributed by atoms with E-state index >= 15 is 0 Å². The number of ether oxygens (including phenoxy) is 1. The van der Waals surface area contributed by atoms with Gasteiger partial charge in [-0.05, 0) is 55.7 Å². The number of hydrogen-bond donors (Lipinski definition) is 2. The summed E-state index contributed by atoms with van der Waals surface area (Å²) >= 11 is 1.28. The molecule has 0 unspecified atom stereocenters. The van der Waals surface area contributed by atoms with E-state index in [4.69, 9.17) is 15.6 Å². The minimum Gasteiger partial charge on any atom is -0.476 e. The Bertz CT molecular complexity index is 1460. The topological polar surface area (TPSA) is 127 Å². The molecule has 1 aliphatic carbocycles. The number of carboxylic acids is 1. The van der Waals surface area contributed by atoms with Gasteiger partial charge < -0.3 is 20.5 Å². The average Bonchev–Trinajstić information content (AvgIpc) is 3.79. The Labute approximate surface area is 251 Å². The van der Waals surface area contributed by atoms with E-state index in [2.05, 4.69) is 13.8 Å². The van der Waals surface area contributed by atoms with Gasteiger partial charge >= 0.3 is 5.97 Å². The second-order valence-electron chi connectivity index (χ2n) is 11.4. The van der Waals surface area contributed by atoms with Crippen LogP contribution >= 0.6 is 11.8 Å². The molecule has 0 atom stereocenters. The minimum atomic E-state index is -3.85. The number of carbonyl (C=O) groups is 2. The van der Waals surface area contributed by atoms with Gasteiger partial charge in [0.15, 0.2) is 9.84 Å². The van der Waals surface area contributed by atoms with Crippen LogP contribution in [0, 0.1) is 5.41 Å². The number of thioether (sulfide) groups is 1. The number of halogens is 1. The molecule has 0 bridgehead atoms. The Hall–Kier alpha value is -3.05. The Morgan fingerprint density at radius 1 is 1.12 bits per heavy atom. The first-order chi connectivity index (χ1) is 19.9. The van der Waals surface area contributed by atoms with Crippen molar-refractivity contribution in [2.24, 2.45) is 11.1 Å². The van der Waals surface area contributed by atoms with Crippen molar-refractivity contribution >= 4 is 44.9 Å². The van der Waals surface area contributed by atoms with Gasteiger partial charge in [-0.15, -0.1) is 11.8 Å². The Morgan fingerprint density at radius 3 is 2.24 bits per heavy atom. The lowest BCUT2D eigenvalue weighted by Gasteiger charge is -2.37. The molecule has 1 fully saturated rings. The van der Waals surface area contributed by atoms with Gasteiger partial charge in [0.05, 0.1) is 26.6 Å². The Kier molecular flexibility index (Phi) is 9.62. The Morgan fingerprint density at radius 2 is 1.74 bits per heavy atom. The van der Waals surface area contributed by atoms with Crippen molar-refractivity contribution in [2.75, 3.05) is 23.5 Å². The molecule has 0 saturated heterocycles. The highest BCUT2D eigenvalue weighted by molar-refractivity contribution is 7.98. The fourth-order valence-corrected chi connectivity index (χ4v) is 8.53. The number of amides is 1. The summed E-state index contributed by atoms with van der Waals surface area (Å²) < 4.78 is 47.5. The van der Waals surface area contributed by atoms with Crippen LogP contribution in [0.5, 0.6) is 5.75 Å². The number of hydrogen-bond acceptors (Lipinski definition) is 7. The van der Waals surface area contributed by atoms with Crippen LogP contribution in [0.25, 0.3) is 0 Å². The number of carbonyl (C=O) groups excluding carboxylic acids is 1. The summed E-state index contributed by atoms with van der Waals surface area (Å²) in [5.41, 5.74) is 6.66. The molecule has 1 heterocycles. The molecular weight excluding hydrogens is 579 g/mol. The van der Waals surface area contributed by atoms with Crippen molar-refractivity contribution < 1.29 is 32.2 Å². The molecular formula is C31H39FN2O6S2. The number of sulfone groups is 1. The number of carboxylic acid groups (broad SMARTS) is 1. The fraction of sp³-hybridized carbons (Fsp3) is 0.484. The number of anilines is 2. The highest BCUT2D eigenvalue weighted by Gasteiger charge is 2.50.